The van der Waals surface area contributed by atoms with Crippen LogP contribution in [0, 0.1) is 12.3 Å². The van der Waals surface area contributed by atoms with Gasteiger partial charge in [-0.05, 0) is 29.4 Å². The molecule has 1 aromatic rings. The highest BCUT2D eigenvalue weighted by molar-refractivity contribution is 8.01. The van der Waals surface area contributed by atoms with Gasteiger partial charge in [0, 0.05) is 5.56 Å². The third-order valence-corrected chi connectivity index (χ3v) is 1.91. The van der Waals surface area contributed by atoms with Crippen LogP contribution in [0.2, 0.25) is 0 Å². The third-order valence-electron chi connectivity index (χ3n) is 1.50. The minimum Gasteiger partial charge on any atom is -0.138 e. The second-order valence-corrected chi connectivity index (χ2v) is 3.01. The summed E-state index contributed by atoms with van der Waals surface area (Å²) in [6.45, 7) is 0. The monoisotopic (exact) mass is 174 g/mol. The second-order valence-electron chi connectivity index (χ2n) is 2.27. The molecule has 0 aliphatic heterocycles. The number of thioether (sulfide) groups is 1. The van der Waals surface area contributed by atoms with Crippen LogP contribution in [0.25, 0.3) is 6.08 Å². The summed E-state index contributed by atoms with van der Waals surface area (Å²) in [6.07, 6.45) is 9.38. The van der Waals surface area contributed by atoms with Gasteiger partial charge >= 0.3 is 0 Å². The number of terminal acetylenes is 1. The van der Waals surface area contributed by atoms with E-state index in [1.165, 1.54) is 0 Å². The summed E-state index contributed by atoms with van der Waals surface area (Å²) < 4.78 is 0. The van der Waals surface area contributed by atoms with Gasteiger partial charge in [-0.25, -0.2) is 0 Å². The molecule has 0 saturated heterocycles. The average molecular weight is 174 g/mol. The van der Waals surface area contributed by atoms with Gasteiger partial charge in [-0.15, -0.1) is 18.2 Å². The van der Waals surface area contributed by atoms with Crippen molar-refractivity contribution in [3.05, 3.63) is 40.8 Å². The summed E-state index contributed by atoms with van der Waals surface area (Å²) >= 11 is 1.67. The largest absolute Gasteiger partial charge is 0.138 e. The van der Waals surface area contributed by atoms with E-state index >= 15 is 0 Å². The predicted molar refractivity (Wildman–Crippen MR) is 56.9 cm³/mol. The summed E-state index contributed by atoms with van der Waals surface area (Å²) in [4.78, 5) is 0. The van der Waals surface area contributed by atoms with E-state index in [0.717, 1.165) is 11.1 Å². The van der Waals surface area contributed by atoms with E-state index in [1.54, 1.807) is 11.8 Å². The highest BCUT2D eigenvalue weighted by Crippen LogP contribution is 2.10. The Morgan fingerprint density at radius 1 is 1.42 bits per heavy atom. The Hall–Kier alpha value is -1.13. The fourth-order valence-corrected chi connectivity index (χ4v) is 1.20. The number of benzene rings is 1. The molecular formula is C11H10S. The zero-order chi connectivity index (χ0) is 8.81. The van der Waals surface area contributed by atoms with Crippen LogP contribution in [0.5, 0.6) is 0 Å². The van der Waals surface area contributed by atoms with Crippen molar-refractivity contribution in [1.29, 1.82) is 0 Å². The zero-order valence-corrected chi connectivity index (χ0v) is 7.77. The molecule has 0 spiro atoms. The van der Waals surface area contributed by atoms with E-state index in [9.17, 15) is 0 Å². The van der Waals surface area contributed by atoms with Crippen molar-refractivity contribution in [1.82, 2.24) is 0 Å². The van der Waals surface area contributed by atoms with Gasteiger partial charge in [0.15, 0.2) is 0 Å². The summed E-state index contributed by atoms with van der Waals surface area (Å²) in [5, 5.41) is 2.02. The van der Waals surface area contributed by atoms with Crippen LogP contribution in [0.1, 0.15) is 11.1 Å². The van der Waals surface area contributed by atoms with Crippen molar-refractivity contribution < 1.29 is 0 Å². The maximum Gasteiger partial charge on any atom is 0.0315 e. The van der Waals surface area contributed by atoms with Gasteiger partial charge in [0.25, 0.3) is 0 Å². The maximum absolute atomic E-state index is 5.33. The van der Waals surface area contributed by atoms with E-state index in [-0.39, 0.29) is 0 Å². The molecule has 0 fully saturated rings. The van der Waals surface area contributed by atoms with Crippen LogP contribution in [0.4, 0.5) is 0 Å². The van der Waals surface area contributed by atoms with Crippen molar-refractivity contribution in [2.24, 2.45) is 0 Å². The molecule has 0 N–H and O–H groups in total. The molecule has 0 nitrogen and oxygen atoms in total. The van der Waals surface area contributed by atoms with Crippen LogP contribution in [-0.4, -0.2) is 6.26 Å². The standard InChI is InChI=1S/C11H10S/c1-3-10-6-4-5-7-11(10)8-9-12-2/h1,4-9H,2H3/b9-8+. The van der Waals surface area contributed by atoms with Gasteiger partial charge in [-0.1, -0.05) is 24.1 Å². The molecule has 0 aliphatic rings. The average Bonchev–Trinajstić information content (AvgIpc) is 2.15. The Bertz CT molecular complexity index is 318. The zero-order valence-electron chi connectivity index (χ0n) is 6.95. The lowest BCUT2D eigenvalue weighted by Crippen LogP contribution is -1.78. The van der Waals surface area contributed by atoms with Gasteiger partial charge in [0.05, 0.1) is 0 Å². The molecule has 0 aliphatic carbocycles. The first-order chi connectivity index (χ1) is 5.88. The normalized spacial score (nSPS) is 10.0. The van der Waals surface area contributed by atoms with Crippen molar-refractivity contribution in [2.75, 3.05) is 6.26 Å². The van der Waals surface area contributed by atoms with E-state index in [2.05, 4.69) is 5.92 Å². The minimum atomic E-state index is 0.947. The molecule has 0 atom stereocenters. The number of hydrogen-bond acceptors (Lipinski definition) is 1. The van der Waals surface area contributed by atoms with Gasteiger partial charge in [-0.3, -0.25) is 0 Å². The van der Waals surface area contributed by atoms with E-state index < -0.39 is 0 Å². The molecular weight excluding hydrogens is 164 g/mol. The van der Waals surface area contributed by atoms with Crippen molar-refractivity contribution in [3.8, 4) is 12.3 Å². The molecule has 0 radical (unpaired) electrons. The fraction of sp³-hybridized carbons (Fsp3) is 0.0909. The maximum atomic E-state index is 5.33. The SMILES string of the molecule is C#Cc1ccccc1/C=C/SC. The first-order valence-electron chi connectivity index (χ1n) is 3.63. The summed E-state index contributed by atoms with van der Waals surface area (Å²) in [6, 6.07) is 7.90. The third kappa shape index (κ3) is 2.18. The number of hydrogen-bond donors (Lipinski definition) is 0. The highest BCUT2D eigenvalue weighted by Gasteiger charge is 1.91. The first kappa shape index (κ1) is 8.96. The molecule has 12 heavy (non-hydrogen) atoms. The molecule has 0 unspecified atom stereocenters. The molecule has 0 amide bonds. The second kappa shape index (κ2) is 4.69. The molecule has 0 saturated carbocycles. The van der Waals surface area contributed by atoms with E-state index in [0.29, 0.717) is 0 Å². The molecule has 60 valence electrons. The van der Waals surface area contributed by atoms with Crippen LogP contribution >= 0.6 is 11.8 Å². The molecule has 0 heterocycles. The Morgan fingerprint density at radius 2 is 2.17 bits per heavy atom. The van der Waals surface area contributed by atoms with Crippen molar-refractivity contribution >= 4 is 17.8 Å². The van der Waals surface area contributed by atoms with Crippen molar-refractivity contribution in [3.63, 3.8) is 0 Å². The topological polar surface area (TPSA) is 0 Å². The number of rotatable bonds is 2. The van der Waals surface area contributed by atoms with Crippen LogP contribution in [0.3, 0.4) is 0 Å². The van der Waals surface area contributed by atoms with Crippen LogP contribution in [0.15, 0.2) is 29.7 Å². The Balaban J connectivity index is 2.99. The smallest absolute Gasteiger partial charge is 0.0315 e. The predicted octanol–water partition coefficient (Wildman–Crippen LogP) is 3.00. The minimum absolute atomic E-state index is 0.947. The summed E-state index contributed by atoms with van der Waals surface area (Å²) in [5.41, 5.74) is 2.05. The summed E-state index contributed by atoms with van der Waals surface area (Å²) in [5.74, 6) is 2.64. The van der Waals surface area contributed by atoms with Gasteiger partial charge in [-0.2, -0.15) is 0 Å². The first-order valence-corrected chi connectivity index (χ1v) is 4.92. The fourth-order valence-electron chi connectivity index (χ4n) is 0.915. The molecule has 1 aromatic carbocycles. The summed E-state index contributed by atoms with van der Waals surface area (Å²) in [7, 11) is 0. The molecule has 0 bridgehead atoms. The lowest BCUT2D eigenvalue weighted by atomic mass is 10.1. The van der Waals surface area contributed by atoms with E-state index in [4.69, 9.17) is 6.42 Å². The van der Waals surface area contributed by atoms with Gasteiger partial charge in [0.1, 0.15) is 0 Å². The Kier molecular flexibility index (Phi) is 3.50. The van der Waals surface area contributed by atoms with Gasteiger partial charge < -0.3 is 0 Å². The van der Waals surface area contributed by atoms with Crippen LogP contribution in [-0.2, 0) is 0 Å². The molecule has 1 rings (SSSR count). The lowest BCUT2D eigenvalue weighted by Gasteiger charge is -1.96. The quantitative estimate of drug-likeness (QED) is 0.621. The van der Waals surface area contributed by atoms with Gasteiger partial charge in [0.2, 0.25) is 0 Å². The Morgan fingerprint density at radius 3 is 2.83 bits per heavy atom. The molecule has 1 heteroatoms. The van der Waals surface area contributed by atoms with Crippen molar-refractivity contribution in [2.45, 2.75) is 0 Å². The Labute approximate surface area is 77.7 Å². The highest BCUT2D eigenvalue weighted by atomic mass is 32.2. The van der Waals surface area contributed by atoms with Crippen LogP contribution < -0.4 is 0 Å². The lowest BCUT2D eigenvalue weighted by molar-refractivity contribution is 1.60. The molecule has 0 aromatic heterocycles. The van der Waals surface area contributed by atoms with E-state index in [1.807, 2.05) is 42.0 Å².